The molecule has 1 aliphatic carbocycles. The second kappa shape index (κ2) is 10.2. The van der Waals surface area contributed by atoms with Gasteiger partial charge in [-0.25, -0.2) is 4.79 Å². The van der Waals surface area contributed by atoms with Crippen molar-refractivity contribution in [2.75, 3.05) is 32.6 Å². The van der Waals surface area contributed by atoms with Crippen LogP contribution in [0.3, 0.4) is 0 Å². The predicted molar refractivity (Wildman–Crippen MR) is 133 cm³/mol. The first kappa shape index (κ1) is 23.7. The molecule has 1 saturated heterocycles. The normalized spacial score (nSPS) is 24.7. The van der Waals surface area contributed by atoms with Gasteiger partial charge in [-0.05, 0) is 81.1 Å². The fourth-order valence-corrected chi connectivity index (χ4v) is 5.92. The first-order valence-corrected chi connectivity index (χ1v) is 12.2. The van der Waals surface area contributed by atoms with E-state index in [9.17, 15) is 4.79 Å². The molecule has 0 bridgehead atoms. The van der Waals surface area contributed by atoms with Crippen molar-refractivity contribution in [3.63, 3.8) is 0 Å². The van der Waals surface area contributed by atoms with E-state index in [4.69, 9.17) is 21.1 Å². The zero-order valence-corrected chi connectivity index (χ0v) is 20.5. The first-order valence-electron chi connectivity index (χ1n) is 11.8. The minimum Gasteiger partial charge on any atom is -0.493 e. The summed E-state index contributed by atoms with van der Waals surface area (Å²) in [5, 5.41) is 6.73. The molecule has 6 nitrogen and oxygen atoms in total. The summed E-state index contributed by atoms with van der Waals surface area (Å²) in [4.78, 5) is 15.3. The van der Waals surface area contributed by atoms with Crippen LogP contribution >= 0.6 is 11.6 Å². The van der Waals surface area contributed by atoms with E-state index in [0.29, 0.717) is 16.8 Å². The SMILES string of the molecule is CCCN1CC[C@]2(c3ccc(OC)c(OC)c3)CC[C@@H](NC(=O)Nc3cccc(Cl)c3)C[C@H]12. The lowest BCUT2D eigenvalue weighted by Gasteiger charge is -2.45. The Morgan fingerprint density at radius 1 is 1.15 bits per heavy atom. The van der Waals surface area contributed by atoms with Crippen molar-refractivity contribution in [1.82, 2.24) is 10.2 Å². The van der Waals surface area contributed by atoms with Gasteiger partial charge in [0.1, 0.15) is 0 Å². The van der Waals surface area contributed by atoms with Gasteiger partial charge in [-0.2, -0.15) is 0 Å². The average molecular weight is 472 g/mol. The van der Waals surface area contributed by atoms with Crippen molar-refractivity contribution in [2.24, 2.45) is 0 Å². The van der Waals surface area contributed by atoms with Gasteiger partial charge in [0.25, 0.3) is 0 Å². The molecule has 2 aromatic carbocycles. The molecule has 3 atom stereocenters. The van der Waals surface area contributed by atoms with E-state index >= 15 is 0 Å². The maximum absolute atomic E-state index is 12.7. The standard InChI is InChI=1S/C26H34ClN3O3/c1-4-13-30-14-12-26(18-8-9-22(32-2)23(15-18)33-3)11-10-21(17-24(26)30)29-25(31)28-20-7-5-6-19(27)16-20/h5-9,15-16,21,24H,4,10-14,17H2,1-3H3,(H2,28,29,31)/t21-,24+,26+/m1/s1. The van der Waals surface area contributed by atoms with Crippen molar-refractivity contribution < 1.29 is 14.3 Å². The van der Waals surface area contributed by atoms with E-state index in [1.54, 1.807) is 26.4 Å². The molecule has 1 saturated carbocycles. The number of carbonyl (C=O) groups excluding carboxylic acids is 1. The molecule has 4 rings (SSSR count). The number of urea groups is 1. The largest absolute Gasteiger partial charge is 0.493 e. The van der Waals surface area contributed by atoms with Crippen LogP contribution < -0.4 is 20.1 Å². The minimum atomic E-state index is -0.180. The number of carbonyl (C=O) groups is 1. The summed E-state index contributed by atoms with van der Waals surface area (Å²) in [6.07, 6.45) is 5.13. The van der Waals surface area contributed by atoms with Crippen LogP contribution in [0.15, 0.2) is 42.5 Å². The van der Waals surface area contributed by atoms with Crippen molar-refractivity contribution in [1.29, 1.82) is 0 Å². The Bertz CT molecular complexity index is 985. The number of amides is 2. The number of ether oxygens (including phenoxy) is 2. The Hall–Kier alpha value is -2.44. The predicted octanol–water partition coefficient (Wildman–Crippen LogP) is 5.45. The molecule has 2 aromatic rings. The molecule has 2 fully saturated rings. The highest BCUT2D eigenvalue weighted by Crippen LogP contribution is 2.50. The molecule has 0 radical (unpaired) electrons. The Labute approximate surface area is 201 Å². The van der Waals surface area contributed by atoms with E-state index in [0.717, 1.165) is 56.7 Å². The number of rotatable bonds is 7. The number of nitrogens with one attached hydrogen (secondary N) is 2. The van der Waals surface area contributed by atoms with Crippen LogP contribution in [-0.4, -0.2) is 50.3 Å². The van der Waals surface area contributed by atoms with Crippen LogP contribution in [0.5, 0.6) is 11.5 Å². The lowest BCUT2D eigenvalue weighted by molar-refractivity contribution is 0.136. The van der Waals surface area contributed by atoms with E-state index in [1.165, 1.54) is 5.56 Å². The van der Waals surface area contributed by atoms with Crippen molar-refractivity contribution in [3.8, 4) is 11.5 Å². The van der Waals surface area contributed by atoms with Crippen molar-refractivity contribution >= 4 is 23.3 Å². The smallest absolute Gasteiger partial charge is 0.319 e. The average Bonchev–Trinajstić information content (AvgIpc) is 3.17. The summed E-state index contributed by atoms with van der Waals surface area (Å²) >= 11 is 6.05. The molecule has 2 amide bonds. The number of benzene rings is 2. The molecule has 7 heteroatoms. The minimum absolute atomic E-state index is 0.0658. The zero-order chi connectivity index (χ0) is 23.4. The number of fused-ring (bicyclic) bond motifs is 1. The molecule has 0 spiro atoms. The molecule has 2 aliphatic rings. The molecular formula is C26H34ClN3O3. The molecular weight excluding hydrogens is 438 g/mol. The van der Waals surface area contributed by atoms with Gasteiger partial charge >= 0.3 is 6.03 Å². The van der Waals surface area contributed by atoms with Gasteiger partial charge in [-0.15, -0.1) is 0 Å². The van der Waals surface area contributed by atoms with E-state index < -0.39 is 0 Å². The topological polar surface area (TPSA) is 62.8 Å². The number of methoxy groups -OCH3 is 2. The second-order valence-corrected chi connectivity index (χ2v) is 9.54. The maximum atomic E-state index is 12.7. The summed E-state index contributed by atoms with van der Waals surface area (Å²) < 4.78 is 11.1. The highest BCUT2D eigenvalue weighted by Gasteiger charge is 2.51. The fraction of sp³-hybridized carbons (Fsp3) is 0.500. The lowest BCUT2D eigenvalue weighted by atomic mass is 9.65. The summed E-state index contributed by atoms with van der Waals surface area (Å²) in [6, 6.07) is 13.9. The van der Waals surface area contributed by atoms with Gasteiger partial charge in [0.15, 0.2) is 11.5 Å². The Balaban J connectivity index is 1.52. The van der Waals surface area contributed by atoms with Crippen LogP contribution in [0.25, 0.3) is 0 Å². The number of likely N-dealkylation sites (tertiary alicyclic amines) is 1. The third-order valence-corrected chi connectivity index (χ3v) is 7.49. The molecule has 33 heavy (non-hydrogen) atoms. The van der Waals surface area contributed by atoms with Gasteiger partial charge < -0.3 is 20.1 Å². The quantitative estimate of drug-likeness (QED) is 0.563. The van der Waals surface area contributed by atoms with Crippen LogP contribution in [0.4, 0.5) is 10.5 Å². The van der Waals surface area contributed by atoms with Gasteiger partial charge in [0.2, 0.25) is 0 Å². The van der Waals surface area contributed by atoms with Crippen LogP contribution in [0.2, 0.25) is 5.02 Å². The summed E-state index contributed by atoms with van der Waals surface area (Å²) in [6.45, 7) is 4.38. The fourth-order valence-electron chi connectivity index (χ4n) is 5.73. The van der Waals surface area contributed by atoms with Gasteiger partial charge in [-0.3, -0.25) is 4.90 Å². The molecule has 2 N–H and O–H groups in total. The molecule has 0 aromatic heterocycles. The number of nitrogens with zero attached hydrogens (tertiary/aromatic N) is 1. The van der Waals surface area contributed by atoms with E-state index in [1.807, 2.05) is 18.2 Å². The zero-order valence-electron chi connectivity index (χ0n) is 19.7. The van der Waals surface area contributed by atoms with Gasteiger partial charge in [-0.1, -0.05) is 30.7 Å². The summed E-state index contributed by atoms with van der Waals surface area (Å²) in [7, 11) is 3.36. The molecule has 1 aliphatic heterocycles. The highest BCUT2D eigenvalue weighted by atomic mass is 35.5. The summed E-state index contributed by atoms with van der Waals surface area (Å²) in [5.74, 6) is 1.53. The van der Waals surface area contributed by atoms with Crippen LogP contribution in [0.1, 0.15) is 44.6 Å². The van der Waals surface area contributed by atoms with Crippen LogP contribution in [0, 0.1) is 0 Å². The number of halogens is 1. The molecule has 178 valence electrons. The third kappa shape index (κ3) is 4.92. The van der Waals surface area contributed by atoms with E-state index in [-0.39, 0.29) is 17.5 Å². The Kier molecular flexibility index (Phi) is 7.35. The first-order chi connectivity index (χ1) is 16.0. The number of hydrogen-bond acceptors (Lipinski definition) is 4. The van der Waals surface area contributed by atoms with Crippen molar-refractivity contribution in [3.05, 3.63) is 53.1 Å². The third-order valence-electron chi connectivity index (χ3n) is 7.26. The number of anilines is 1. The van der Waals surface area contributed by atoms with Crippen LogP contribution in [-0.2, 0) is 5.41 Å². The van der Waals surface area contributed by atoms with Gasteiger partial charge in [0, 0.05) is 28.2 Å². The second-order valence-electron chi connectivity index (χ2n) is 9.11. The summed E-state index contributed by atoms with van der Waals surface area (Å²) in [5.41, 5.74) is 2.07. The van der Waals surface area contributed by atoms with E-state index in [2.05, 4.69) is 34.6 Å². The Morgan fingerprint density at radius 3 is 2.70 bits per heavy atom. The Morgan fingerprint density at radius 2 is 1.97 bits per heavy atom. The lowest BCUT2D eigenvalue weighted by Crippen LogP contribution is -2.53. The van der Waals surface area contributed by atoms with Gasteiger partial charge in [0.05, 0.1) is 14.2 Å². The number of hydrogen-bond donors (Lipinski definition) is 2. The van der Waals surface area contributed by atoms with Crippen molar-refractivity contribution in [2.45, 2.75) is 56.5 Å². The monoisotopic (exact) mass is 471 g/mol. The highest BCUT2D eigenvalue weighted by molar-refractivity contribution is 6.30. The molecule has 0 unspecified atom stereocenters. The maximum Gasteiger partial charge on any atom is 0.319 e. The molecule has 1 heterocycles.